The van der Waals surface area contributed by atoms with E-state index in [-0.39, 0.29) is 0 Å². The molecule has 3 nitrogen and oxygen atoms in total. The van der Waals surface area contributed by atoms with Crippen LogP contribution in [0.1, 0.15) is 22.6 Å². The first kappa shape index (κ1) is 15.4. The van der Waals surface area contributed by atoms with Gasteiger partial charge in [0.25, 0.3) is 0 Å². The van der Waals surface area contributed by atoms with Gasteiger partial charge in [-0.1, -0.05) is 12.1 Å². The quantitative estimate of drug-likeness (QED) is 0.902. The van der Waals surface area contributed by atoms with Crippen LogP contribution in [0.25, 0.3) is 0 Å². The highest BCUT2D eigenvalue weighted by Gasteiger charge is 2.22. The van der Waals surface area contributed by atoms with Crippen molar-refractivity contribution in [3.8, 4) is 11.5 Å². The van der Waals surface area contributed by atoms with Gasteiger partial charge < -0.3 is 14.8 Å². The lowest BCUT2D eigenvalue weighted by Gasteiger charge is -2.20. The number of ether oxygens (including phenoxy) is 2. The van der Waals surface area contributed by atoms with Crippen LogP contribution in [0.15, 0.2) is 40.9 Å². The van der Waals surface area contributed by atoms with Crippen molar-refractivity contribution >= 4 is 15.9 Å². The molecule has 1 heterocycles. The predicted molar refractivity (Wildman–Crippen MR) is 92.1 cm³/mol. The Morgan fingerprint density at radius 1 is 1.09 bits per heavy atom. The summed E-state index contributed by atoms with van der Waals surface area (Å²) in [6.07, 6.45) is 1.02. The molecule has 0 spiro atoms. The van der Waals surface area contributed by atoms with E-state index in [0.717, 1.165) is 35.5 Å². The Kier molecular flexibility index (Phi) is 4.69. The van der Waals surface area contributed by atoms with Gasteiger partial charge in [-0.25, -0.2) is 0 Å². The van der Waals surface area contributed by atoms with Crippen molar-refractivity contribution in [1.29, 1.82) is 0 Å². The summed E-state index contributed by atoms with van der Waals surface area (Å²) in [5.74, 6) is 2.13. The van der Waals surface area contributed by atoms with E-state index in [0.29, 0.717) is 5.92 Å². The lowest BCUT2D eigenvalue weighted by atomic mass is 9.88. The molecule has 0 aromatic heterocycles. The molecule has 0 radical (unpaired) electrons. The third-order valence-electron chi connectivity index (χ3n) is 4.23. The number of rotatable bonds is 3. The number of fused-ring (bicyclic) bond motifs is 1. The number of hydrogen-bond donors (Lipinski definition) is 1. The number of benzene rings is 2. The molecular formula is C18H20BrNO2. The molecule has 116 valence electrons. The number of hydrogen-bond acceptors (Lipinski definition) is 3. The third-order valence-corrected chi connectivity index (χ3v) is 4.85. The number of methoxy groups -OCH3 is 2. The molecule has 0 saturated carbocycles. The topological polar surface area (TPSA) is 30.5 Å². The SMILES string of the molecule is COc1ccc(C2CNCCc3cc(OC)c(Br)cc32)cc1. The molecule has 2 aromatic carbocycles. The van der Waals surface area contributed by atoms with Gasteiger partial charge in [-0.2, -0.15) is 0 Å². The van der Waals surface area contributed by atoms with Crippen LogP contribution in [-0.2, 0) is 6.42 Å². The molecule has 1 aliphatic heterocycles. The van der Waals surface area contributed by atoms with Crippen LogP contribution >= 0.6 is 15.9 Å². The molecule has 1 aliphatic rings. The normalized spacial score (nSPS) is 17.5. The Morgan fingerprint density at radius 3 is 2.55 bits per heavy atom. The molecule has 2 aromatic rings. The van der Waals surface area contributed by atoms with Crippen molar-refractivity contribution < 1.29 is 9.47 Å². The first-order valence-corrected chi connectivity index (χ1v) is 8.23. The summed E-state index contributed by atoms with van der Waals surface area (Å²) >= 11 is 3.62. The Labute approximate surface area is 139 Å². The monoisotopic (exact) mass is 361 g/mol. The van der Waals surface area contributed by atoms with E-state index in [9.17, 15) is 0 Å². The fourth-order valence-corrected chi connectivity index (χ4v) is 3.54. The van der Waals surface area contributed by atoms with Crippen LogP contribution in [0.2, 0.25) is 0 Å². The van der Waals surface area contributed by atoms with E-state index < -0.39 is 0 Å². The molecule has 0 aliphatic carbocycles. The van der Waals surface area contributed by atoms with Crippen molar-refractivity contribution in [2.75, 3.05) is 27.3 Å². The zero-order valence-electron chi connectivity index (χ0n) is 12.9. The average Bonchev–Trinajstić information content (AvgIpc) is 2.76. The first-order chi connectivity index (χ1) is 10.7. The van der Waals surface area contributed by atoms with Crippen molar-refractivity contribution in [2.45, 2.75) is 12.3 Å². The van der Waals surface area contributed by atoms with Crippen molar-refractivity contribution in [3.05, 3.63) is 57.6 Å². The highest BCUT2D eigenvalue weighted by Crippen LogP contribution is 2.36. The highest BCUT2D eigenvalue weighted by atomic mass is 79.9. The van der Waals surface area contributed by atoms with Gasteiger partial charge in [-0.15, -0.1) is 0 Å². The second-order valence-electron chi connectivity index (χ2n) is 5.47. The molecule has 0 saturated heterocycles. The zero-order valence-corrected chi connectivity index (χ0v) is 14.4. The number of halogens is 1. The fourth-order valence-electron chi connectivity index (χ4n) is 3.02. The van der Waals surface area contributed by atoms with Gasteiger partial charge in [0, 0.05) is 12.5 Å². The van der Waals surface area contributed by atoms with E-state index in [1.165, 1.54) is 16.7 Å². The van der Waals surface area contributed by atoms with Gasteiger partial charge >= 0.3 is 0 Å². The van der Waals surface area contributed by atoms with E-state index in [1.54, 1.807) is 14.2 Å². The largest absolute Gasteiger partial charge is 0.497 e. The van der Waals surface area contributed by atoms with Crippen LogP contribution in [0.3, 0.4) is 0 Å². The minimum Gasteiger partial charge on any atom is -0.497 e. The molecule has 1 N–H and O–H groups in total. The van der Waals surface area contributed by atoms with E-state index in [2.05, 4.69) is 45.5 Å². The highest BCUT2D eigenvalue weighted by molar-refractivity contribution is 9.10. The summed E-state index contributed by atoms with van der Waals surface area (Å²) in [5.41, 5.74) is 4.02. The maximum Gasteiger partial charge on any atom is 0.133 e. The molecule has 0 fully saturated rings. The molecule has 0 amide bonds. The maximum atomic E-state index is 5.44. The van der Waals surface area contributed by atoms with Gasteiger partial charge in [0.05, 0.1) is 18.7 Å². The van der Waals surface area contributed by atoms with Crippen LogP contribution in [-0.4, -0.2) is 27.3 Å². The minimum atomic E-state index is 0.339. The fraction of sp³-hybridized carbons (Fsp3) is 0.333. The Morgan fingerprint density at radius 2 is 1.86 bits per heavy atom. The molecule has 4 heteroatoms. The van der Waals surface area contributed by atoms with Gasteiger partial charge in [-0.3, -0.25) is 0 Å². The van der Waals surface area contributed by atoms with Crippen molar-refractivity contribution in [2.24, 2.45) is 0 Å². The summed E-state index contributed by atoms with van der Waals surface area (Å²) in [5, 5.41) is 3.54. The smallest absolute Gasteiger partial charge is 0.133 e. The summed E-state index contributed by atoms with van der Waals surface area (Å²) in [4.78, 5) is 0. The van der Waals surface area contributed by atoms with Gasteiger partial charge in [0.1, 0.15) is 11.5 Å². The van der Waals surface area contributed by atoms with E-state index in [4.69, 9.17) is 9.47 Å². The molecular weight excluding hydrogens is 342 g/mol. The molecule has 22 heavy (non-hydrogen) atoms. The van der Waals surface area contributed by atoms with Crippen LogP contribution in [0.4, 0.5) is 0 Å². The Hall–Kier alpha value is -1.52. The van der Waals surface area contributed by atoms with Gasteiger partial charge in [0.15, 0.2) is 0 Å². The lowest BCUT2D eigenvalue weighted by molar-refractivity contribution is 0.411. The maximum absolute atomic E-state index is 5.44. The minimum absolute atomic E-state index is 0.339. The zero-order chi connectivity index (χ0) is 15.5. The second kappa shape index (κ2) is 6.71. The third kappa shape index (κ3) is 2.99. The Balaban J connectivity index is 2.04. The molecule has 3 rings (SSSR count). The molecule has 1 unspecified atom stereocenters. The van der Waals surface area contributed by atoms with Gasteiger partial charge in [0.2, 0.25) is 0 Å². The summed E-state index contributed by atoms with van der Waals surface area (Å²) in [6.45, 7) is 1.93. The van der Waals surface area contributed by atoms with Crippen molar-refractivity contribution in [1.82, 2.24) is 5.32 Å². The average molecular weight is 362 g/mol. The summed E-state index contributed by atoms with van der Waals surface area (Å²) in [7, 11) is 3.41. The standard InChI is InChI=1S/C18H20BrNO2/c1-21-14-5-3-12(4-6-14)16-11-20-8-7-13-9-18(22-2)17(19)10-15(13)16/h3-6,9-10,16,20H,7-8,11H2,1-2H3. The lowest BCUT2D eigenvalue weighted by Crippen LogP contribution is -2.20. The number of nitrogens with one attached hydrogen (secondary N) is 1. The first-order valence-electron chi connectivity index (χ1n) is 7.44. The van der Waals surface area contributed by atoms with Gasteiger partial charge in [-0.05, 0) is 69.9 Å². The summed E-state index contributed by atoms with van der Waals surface area (Å²) in [6, 6.07) is 12.7. The van der Waals surface area contributed by atoms with Crippen LogP contribution in [0.5, 0.6) is 11.5 Å². The second-order valence-corrected chi connectivity index (χ2v) is 6.32. The summed E-state index contributed by atoms with van der Waals surface area (Å²) < 4.78 is 11.7. The van der Waals surface area contributed by atoms with E-state index in [1.807, 2.05) is 12.1 Å². The van der Waals surface area contributed by atoms with Crippen LogP contribution < -0.4 is 14.8 Å². The van der Waals surface area contributed by atoms with Crippen LogP contribution in [0, 0.1) is 0 Å². The predicted octanol–water partition coefficient (Wildman–Crippen LogP) is 3.74. The van der Waals surface area contributed by atoms with Crippen molar-refractivity contribution in [3.63, 3.8) is 0 Å². The van der Waals surface area contributed by atoms with E-state index >= 15 is 0 Å². The molecule has 0 bridgehead atoms. The molecule has 1 atom stereocenters. The Bertz CT molecular complexity index is 655.